The van der Waals surface area contributed by atoms with Gasteiger partial charge in [0.25, 0.3) is 0 Å². The highest BCUT2D eigenvalue weighted by Crippen LogP contribution is 2.05. The third-order valence-electron chi connectivity index (χ3n) is 1.37. The standard InChI is InChI=1S/C9H13NO5/c1-7(12)14-9(15-8(2)13)4-3-5-10-6-11/h9H,3-5H2,1-2H3. The van der Waals surface area contributed by atoms with Crippen molar-refractivity contribution in [3.63, 3.8) is 0 Å². The number of hydrogen-bond donors (Lipinski definition) is 0. The molecule has 0 aromatic heterocycles. The number of carbonyl (C=O) groups is 2. The van der Waals surface area contributed by atoms with Gasteiger partial charge in [-0.3, -0.25) is 9.59 Å². The fourth-order valence-electron chi connectivity index (χ4n) is 0.895. The number of hydrogen-bond acceptors (Lipinski definition) is 6. The van der Waals surface area contributed by atoms with Crippen LogP contribution in [0, 0.1) is 0 Å². The van der Waals surface area contributed by atoms with Crippen molar-refractivity contribution < 1.29 is 23.9 Å². The van der Waals surface area contributed by atoms with Crippen molar-refractivity contribution in [2.45, 2.75) is 33.0 Å². The van der Waals surface area contributed by atoms with Crippen molar-refractivity contribution in [1.29, 1.82) is 0 Å². The maximum absolute atomic E-state index is 10.6. The molecule has 6 heteroatoms. The van der Waals surface area contributed by atoms with Crippen LogP contribution < -0.4 is 0 Å². The molecule has 0 aromatic carbocycles. The van der Waals surface area contributed by atoms with Crippen LogP contribution in [0.15, 0.2) is 4.99 Å². The summed E-state index contributed by atoms with van der Waals surface area (Å²) in [4.78, 5) is 34.3. The first-order chi connectivity index (χ1) is 7.06. The first-order valence-corrected chi connectivity index (χ1v) is 4.44. The van der Waals surface area contributed by atoms with Gasteiger partial charge >= 0.3 is 11.9 Å². The second kappa shape index (κ2) is 7.70. The monoisotopic (exact) mass is 215 g/mol. The normalized spacial score (nSPS) is 9.27. The number of rotatable bonds is 6. The summed E-state index contributed by atoms with van der Waals surface area (Å²) < 4.78 is 9.44. The summed E-state index contributed by atoms with van der Waals surface area (Å²) in [7, 11) is 0. The molecule has 15 heavy (non-hydrogen) atoms. The van der Waals surface area contributed by atoms with Gasteiger partial charge in [0.2, 0.25) is 12.4 Å². The largest absolute Gasteiger partial charge is 0.425 e. The Morgan fingerprint density at radius 2 is 1.80 bits per heavy atom. The predicted octanol–water partition coefficient (Wildman–Crippen LogP) is 0.555. The van der Waals surface area contributed by atoms with Gasteiger partial charge in [-0.25, -0.2) is 9.79 Å². The van der Waals surface area contributed by atoms with Crippen molar-refractivity contribution >= 4 is 18.0 Å². The molecule has 0 spiro atoms. The van der Waals surface area contributed by atoms with Crippen molar-refractivity contribution in [2.75, 3.05) is 6.54 Å². The molecule has 6 nitrogen and oxygen atoms in total. The average Bonchev–Trinajstić information content (AvgIpc) is 2.10. The molecule has 0 bridgehead atoms. The van der Waals surface area contributed by atoms with Crippen LogP contribution in [0.25, 0.3) is 0 Å². The Labute approximate surface area is 87.3 Å². The highest BCUT2D eigenvalue weighted by molar-refractivity contribution is 5.68. The first-order valence-electron chi connectivity index (χ1n) is 4.44. The molecule has 0 amide bonds. The Balaban J connectivity index is 3.94. The van der Waals surface area contributed by atoms with E-state index in [1.807, 2.05) is 0 Å². The lowest BCUT2D eigenvalue weighted by atomic mass is 10.3. The lowest BCUT2D eigenvalue weighted by Gasteiger charge is -2.15. The SMILES string of the molecule is CC(=O)OC(CCCN=C=O)OC(C)=O. The van der Waals surface area contributed by atoms with Crippen LogP contribution in [0.5, 0.6) is 0 Å². The summed E-state index contributed by atoms with van der Waals surface area (Å²) >= 11 is 0. The Bertz CT molecular complexity index is 254. The first kappa shape index (κ1) is 13.3. The van der Waals surface area contributed by atoms with Gasteiger partial charge in [-0.2, -0.15) is 0 Å². The number of ether oxygens (including phenoxy) is 2. The number of aliphatic imine (C=N–C) groups is 1. The molecule has 84 valence electrons. The molecule has 0 aliphatic rings. The van der Waals surface area contributed by atoms with Gasteiger partial charge in [0.15, 0.2) is 0 Å². The van der Waals surface area contributed by atoms with Crippen LogP contribution in [-0.4, -0.2) is 30.9 Å². The van der Waals surface area contributed by atoms with E-state index >= 15 is 0 Å². The molecule has 0 unspecified atom stereocenters. The third kappa shape index (κ3) is 8.64. The van der Waals surface area contributed by atoms with Gasteiger partial charge in [-0.05, 0) is 6.42 Å². The van der Waals surface area contributed by atoms with Crippen LogP contribution in [0.3, 0.4) is 0 Å². The summed E-state index contributed by atoms with van der Waals surface area (Å²) in [5, 5.41) is 0. The Kier molecular flexibility index (Phi) is 6.84. The summed E-state index contributed by atoms with van der Waals surface area (Å²) in [5.74, 6) is -1.06. The Morgan fingerprint density at radius 3 is 2.20 bits per heavy atom. The predicted molar refractivity (Wildman–Crippen MR) is 49.5 cm³/mol. The van der Waals surface area contributed by atoms with E-state index in [1.54, 1.807) is 0 Å². The van der Waals surface area contributed by atoms with E-state index in [0.717, 1.165) is 0 Å². The molecule has 0 aliphatic heterocycles. The highest BCUT2D eigenvalue weighted by Gasteiger charge is 2.14. The van der Waals surface area contributed by atoms with Gasteiger partial charge in [-0.1, -0.05) is 0 Å². The van der Waals surface area contributed by atoms with Gasteiger partial charge in [0, 0.05) is 20.3 Å². The molecular formula is C9H13NO5. The van der Waals surface area contributed by atoms with Crippen LogP contribution in [0.4, 0.5) is 0 Å². The van der Waals surface area contributed by atoms with Crippen LogP contribution in [0.1, 0.15) is 26.7 Å². The van der Waals surface area contributed by atoms with E-state index in [2.05, 4.69) is 4.99 Å². The topological polar surface area (TPSA) is 82.0 Å². The molecule has 0 rings (SSSR count). The van der Waals surface area contributed by atoms with E-state index in [1.165, 1.54) is 19.9 Å². The lowest BCUT2D eigenvalue weighted by molar-refractivity contribution is -0.185. The van der Waals surface area contributed by atoms with Gasteiger partial charge in [0.05, 0.1) is 6.54 Å². The van der Waals surface area contributed by atoms with Crippen molar-refractivity contribution in [2.24, 2.45) is 4.99 Å². The average molecular weight is 215 g/mol. The minimum atomic E-state index is -0.901. The molecule has 0 saturated carbocycles. The van der Waals surface area contributed by atoms with E-state index in [9.17, 15) is 14.4 Å². The molecule has 0 saturated heterocycles. The zero-order chi connectivity index (χ0) is 11.7. The maximum Gasteiger partial charge on any atom is 0.305 e. The summed E-state index contributed by atoms with van der Waals surface area (Å²) in [6, 6.07) is 0. The zero-order valence-electron chi connectivity index (χ0n) is 8.69. The van der Waals surface area contributed by atoms with Crippen molar-refractivity contribution in [1.82, 2.24) is 0 Å². The van der Waals surface area contributed by atoms with Gasteiger partial charge in [-0.15, -0.1) is 0 Å². The fourth-order valence-corrected chi connectivity index (χ4v) is 0.895. The minimum absolute atomic E-state index is 0.266. The molecule has 0 fully saturated rings. The third-order valence-corrected chi connectivity index (χ3v) is 1.37. The van der Waals surface area contributed by atoms with E-state index in [4.69, 9.17) is 9.47 Å². The maximum atomic E-state index is 10.6. The smallest absolute Gasteiger partial charge is 0.305 e. The Hall–Kier alpha value is -1.68. The lowest BCUT2D eigenvalue weighted by Crippen LogP contribution is -2.22. The van der Waals surface area contributed by atoms with Crippen LogP contribution in [0.2, 0.25) is 0 Å². The molecule has 0 aromatic rings. The minimum Gasteiger partial charge on any atom is -0.425 e. The molecule has 0 N–H and O–H groups in total. The summed E-state index contributed by atoms with van der Waals surface area (Å²) in [6.07, 6.45) is 1.26. The van der Waals surface area contributed by atoms with E-state index in [-0.39, 0.29) is 6.54 Å². The fraction of sp³-hybridized carbons (Fsp3) is 0.667. The number of isocyanates is 1. The van der Waals surface area contributed by atoms with Gasteiger partial charge < -0.3 is 9.47 Å². The quantitative estimate of drug-likeness (QED) is 0.212. The highest BCUT2D eigenvalue weighted by atomic mass is 16.7. The zero-order valence-corrected chi connectivity index (χ0v) is 8.69. The molecule has 0 heterocycles. The number of carbonyl (C=O) groups excluding carboxylic acids is 3. The summed E-state index contributed by atoms with van der Waals surface area (Å²) in [5.41, 5.74) is 0. The van der Waals surface area contributed by atoms with Crippen molar-refractivity contribution in [3.8, 4) is 0 Å². The number of nitrogens with zero attached hydrogens (tertiary/aromatic N) is 1. The molecular weight excluding hydrogens is 202 g/mol. The van der Waals surface area contributed by atoms with Crippen LogP contribution in [-0.2, 0) is 23.9 Å². The second-order valence-electron chi connectivity index (χ2n) is 2.76. The Morgan fingerprint density at radius 1 is 1.27 bits per heavy atom. The second-order valence-corrected chi connectivity index (χ2v) is 2.76. The van der Waals surface area contributed by atoms with Crippen molar-refractivity contribution in [3.05, 3.63) is 0 Å². The molecule has 0 radical (unpaired) electrons. The molecule has 0 atom stereocenters. The molecule has 0 aliphatic carbocycles. The van der Waals surface area contributed by atoms with Crippen LogP contribution >= 0.6 is 0 Å². The summed E-state index contributed by atoms with van der Waals surface area (Å²) in [6.45, 7) is 2.71. The van der Waals surface area contributed by atoms with E-state index in [0.29, 0.717) is 12.8 Å². The van der Waals surface area contributed by atoms with Gasteiger partial charge in [0.1, 0.15) is 0 Å². The van der Waals surface area contributed by atoms with E-state index < -0.39 is 18.2 Å². The number of esters is 2.